The van der Waals surface area contributed by atoms with Crippen LogP contribution < -0.4 is 5.32 Å². The summed E-state index contributed by atoms with van der Waals surface area (Å²) >= 11 is 0. The minimum atomic E-state index is 0.0752. The lowest BCUT2D eigenvalue weighted by Gasteiger charge is -2.15. The molecule has 82 valence electrons. The molecular weight excluding hydrogens is 186 g/mol. The van der Waals surface area contributed by atoms with E-state index < -0.39 is 0 Å². The van der Waals surface area contributed by atoms with E-state index >= 15 is 0 Å². The summed E-state index contributed by atoms with van der Waals surface area (Å²) in [7, 11) is 0. The summed E-state index contributed by atoms with van der Waals surface area (Å²) in [6.45, 7) is 8.16. The number of carbonyl (C=O) groups excluding carboxylic acids is 1. The molecule has 1 amide bonds. The Bertz CT molecular complexity index is 356. The lowest BCUT2D eigenvalue weighted by molar-refractivity contribution is -0.115. The van der Waals surface area contributed by atoms with Crippen LogP contribution in [0.2, 0.25) is 0 Å². The third-order valence-electron chi connectivity index (χ3n) is 2.51. The van der Waals surface area contributed by atoms with Crippen molar-refractivity contribution < 1.29 is 4.79 Å². The molecule has 1 aromatic rings. The van der Waals surface area contributed by atoms with Gasteiger partial charge in [-0.15, -0.1) is 0 Å². The molecule has 1 N–H and O–H groups in total. The van der Waals surface area contributed by atoms with Crippen LogP contribution in [0.1, 0.15) is 44.2 Å². The van der Waals surface area contributed by atoms with Gasteiger partial charge < -0.3 is 5.32 Å². The van der Waals surface area contributed by atoms with Crippen LogP contribution in [-0.4, -0.2) is 5.91 Å². The van der Waals surface area contributed by atoms with Crippen LogP contribution in [0.3, 0.4) is 0 Å². The highest BCUT2D eigenvalue weighted by molar-refractivity contribution is 5.92. The number of amides is 1. The van der Waals surface area contributed by atoms with Crippen molar-refractivity contribution in [2.45, 2.75) is 40.0 Å². The number of nitrogens with one attached hydrogen (secondary N) is 1. The second kappa shape index (κ2) is 4.96. The minimum absolute atomic E-state index is 0.0752. The number of rotatable bonds is 3. The van der Waals surface area contributed by atoms with Gasteiger partial charge in [-0.05, 0) is 24.0 Å². The van der Waals surface area contributed by atoms with Crippen LogP contribution in [0.4, 0.5) is 5.69 Å². The van der Waals surface area contributed by atoms with Crippen molar-refractivity contribution >= 4 is 11.6 Å². The molecule has 0 spiro atoms. The molecule has 0 saturated carbocycles. The zero-order chi connectivity index (χ0) is 11.4. The van der Waals surface area contributed by atoms with Crippen molar-refractivity contribution in [1.29, 1.82) is 0 Å². The number of hydrogen-bond acceptors (Lipinski definition) is 1. The normalized spacial score (nSPS) is 10.5. The number of carbonyl (C=O) groups is 1. The van der Waals surface area contributed by atoms with E-state index in [1.807, 2.05) is 26.0 Å². The molecule has 1 aromatic carbocycles. The number of aryl methyl sites for hydroxylation is 1. The van der Waals surface area contributed by atoms with E-state index in [1.54, 1.807) is 0 Å². The van der Waals surface area contributed by atoms with Gasteiger partial charge in [0.2, 0.25) is 5.91 Å². The minimum Gasteiger partial charge on any atom is -0.326 e. The molecule has 0 fully saturated rings. The van der Waals surface area contributed by atoms with E-state index in [1.165, 1.54) is 5.56 Å². The molecule has 0 aromatic heterocycles. The third-order valence-corrected chi connectivity index (χ3v) is 2.51. The summed E-state index contributed by atoms with van der Waals surface area (Å²) in [4.78, 5) is 11.4. The SMILES string of the molecule is CCC(=O)Nc1c(C)cccc1C(C)C. The van der Waals surface area contributed by atoms with Gasteiger partial charge in [-0.1, -0.05) is 39.0 Å². The second-order valence-electron chi connectivity index (χ2n) is 4.10. The van der Waals surface area contributed by atoms with Gasteiger partial charge in [0.05, 0.1) is 0 Å². The van der Waals surface area contributed by atoms with E-state index in [9.17, 15) is 4.79 Å². The Morgan fingerprint density at radius 1 is 1.40 bits per heavy atom. The standard InChI is InChI=1S/C13H19NO/c1-5-12(15)14-13-10(4)7-6-8-11(13)9(2)3/h6-9H,5H2,1-4H3,(H,14,15). The Hall–Kier alpha value is -1.31. The van der Waals surface area contributed by atoms with Crippen molar-refractivity contribution in [2.24, 2.45) is 0 Å². The van der Waals surface area contributed by atoms with Crippen molar-refractivity contribution in [3.05, 3.63) is 29.3 Å². The molecule has 0 saturated heterocycles. The highest BCUT2D eigenvalue weighted by atomic mass is 16.1. The van der Waals surface area contributed by atoms with E-state index in [0.29, 0.717) is 12.3 Å². The van der Waals surface area contributed by atoms with Gasteiger partial charge in [-0.2, -0.15) is 0 Å². The summed E-state index contributed by atoms with van der Waals surface area (Å²) < 4.78 is 0. The summed E-state index contributed by atoms with van der Waals surface area (Å²) in [6, 6.07) is 6.13. The summed E-state index contributed by atoms with van der Waals surface area (Å²) in [5.74, 6) is 0.503. The third kappa shape index (κ3) is 2.82. The molecule has 0 bridgehead atoms. The van der Waals surface area contributed by atoms with Gasteiger partial charge in [-0.25, -0.2) is 0 Å². The van der Waals surface area contributed by atoms with Gasteiger partial charge in [0.25, 0.3) is 0 Å². The fraction of sp³-hybridized carbons (Fsp3) is 0.462. The second-order valence-corrected chi connectivity index (χ2v) is 4.10. The lowest BCUT2D eigenvalue weighted by Crippen LogP contribution is -2.12. The van der Waals surface area contributed by atoms with Gasteiger partial charge in [0.15, 0.2) is 0 Å². The van der Waals surface area contributed by atoms with Gasteiger partial charge in [0.1, 0.15) is 0 Å². The first-order valence-electron chi connectivity index (χ1n) is 5.45. The van der Waals surface area contributed by atoms with E-state index in [4.69, 9.17) is 0 Å². The smallest absolute Gasteiger partial charge is 0.224 e. The van der Waals surface area contributed by atoms with Crippen molar-refractivity contribution in [2.75, 3.05) is 5.32 Å². The van der Waals surface area contributed by atoms with E-state index in [-0.39, 0.29) is 5.91 Å². The van der Waals surface area contributed by atoms with E-state index in [0.717, 1.165) is 11.3 Å². The first-order valence-corrected chi connectivity index (χ1v) is 5.45. The maximum absolute atomic E-state index is 11.4. The Labute approximate surface area is 91.7 Å². The fourth-order valence-corrected chi connectivity index (χ4v) is 1.57. The number of hydrogen-bond donors (Lipinski definition) is 1. The van der Waals surface area contributed by atoms with Crippen LogP contribution in [0.5, 0.6) is 0 Å². The largest absolute Gasteiger partial charge is 0.326 e. The molecular formula is C13H19NO. The summed E-state index contributed by atoms with van der Waals surface area (Å²) in [5.41, 5.74) is 3.32. The fourth-order valence-electron chi connectivity index (χ4n) is 1.57. The predicted octanol–water partition coefficient (Wildman–Crippen LogP) is 3.47. The summed E-state index contributed by atoms with van der Waals surface area (Å²) in [5, 5.41) is 2.97. The van der Waals surface area contributed by atoms with E-state index in [2.05, 4.69) is 25.2 Å². The maximum atomic E-state index is 11.4. The average Bonchev–Trinajstić information content (AvgIpc) is 2.20. The topological polar surface area (TPSA) is 29.1 Å². The molecule has 1 rings (SSSR count). The highest BCUT2D eigenvalue weighted by Crippen LogP contribution is 2.27. The molecule has 15 heavy (non-hydrogen) atoms. The molecule has 0 heterocycles. The first kappa shape index (κ1) is 11.8. The zero-order valence-corrected chi connectivity index (χ0v) is 9.92. The molecule has 0 unspecified atom stereocenters. The number of anilines is 1. The van der Waals surface area contributed by atoms with Gasteiger partial charge >= 0.3 is 0 Å². The molecule has 2 nitrogen and oxygen atoms in total. The number of para-hydroxylation sites is 1. The molecule has 0 aliphatic carbocycles. The molecule has 0 radical (unpaired) electrons. The monoisotopic (exact) mass is 205 g/mol. The Kier molecular flexibility index (Phi) is 3.89. The van der Waals surface area contributed by atoms with Crippen LogP contribution >= 0.6 is 0 Å². The molecule has 2 heteroatoms. The Balaban J connectivity index is 3.07. The first-order chi connectivity index (χ1) is 7.06. The lowest BCUT2D eigenvalue weighted by atomic mass is 9.98. The molecule has 0 atom stereocenters. The van der Waals surface area contributed by atoms with Crippen LogP contribution in [0.15, 0.2) is 18.2 Å². The highest BCUT2D eigenvalue weighted by Gasteiger charge is 2.10. The van der Waals surface area contributed by atoms with Crippen LogP contribution in [-0.2, 0) is 4.79 Å². The van der Waals surface area contributed by atoms with Gasteiger partial charge in [-0.3, -0.25) is 4.79 Å². The zero-order valence-electron chi connectivity index (χ0n) is 9.92. The maximum Gasteiger partial charge on any atom is 0.224 e. The van der Waals surface area contributed by atoms with Crippen molar-refractivity contribution in [3.63, 3.8) is 0 Å². The van der Waals surface area contributed by atoms with Crippen LogP contribution in [0, 0.1) is 6.92 Å². The Morgan fingerprint density at radius 2 is 2.07 bits per heavy atom. The quantitative estimate of drug-likeness (QED) is 0.804. The Morgan fingerprint density at radius 3 is 2.60 bits per heavy atom. The van der Waals surface area contributed by atoms with Crippen LogP contribution in [0.25, 0.3) is 0 Å². The molecule has 0 aliphatic heterocycles. The summed E-state index contributed by atoms with van der Waals surface area (Å²) in [6.07, 6.45) is 0.520. The predicted molar refractivity (Wildman–Crippen MR) is 64.2 cm³/mol. The molecule has 0 aliphatic rings. The average molecular weight is 205 g/mol. The van der Waals surface area contributed by atoms with Crippen molar-refractivity contribution in [1.82, 2.24) is 0 Å². The van der Waals surface area contributed by atoms with Crippen molar-refractivity contribution in [3.8, 4) is 0 Å². The number of benzene rings is 1. The van der Waals surface area contributed by atoms with Gasteiger partial charge in [0, 0.05) is 12.1 Å².